The molecular formula is C28H29NO5. The van der Waals surface area contributed by atoms with Crippen molar-refractivity contribution < 1.29 is 23.8 Å². The Morgan fingerprint density at radius 1 is 0.824 bits per heavy atom. The van der Waals surface area contributed by atoms with Gasteiger partial charge in [-0.3, -0.25) is 4.79 Å². The van der Waals surface area contributed by atoms with Crippen LogP contribution >= 0.6 is 0 Å². The van der Waals surface area contributed by atoms with Crippen LogP contribution in [0, 0.1) is 6.92 Å². The van der Waals surface area contributed by atoms with Gasteiger partial charge in [-0.05, 0) is 35.6 Å². The first-order valence-corrected chi connectivity index (χ1v) is 11.1. The minimum Gasteiger partial charge on any atom is -0.465 e. The Morgan fingerprint density at radius 3 is 2.15 bits per heavy atom. The van der Waals surface area contributed by atoms with Gasteiger partial charge in [0.25, 0.3) is 11.9 Å². The second kappa shape index (κ2) is 12.8. The van der Waals surface area contributed by atoms with Crippen molar-refractivity contribution in [2.75, 3.05) is 20.3 Å². The molecule has 0 aliphatic heterocycles. The summed E-state index contributed by atoms with van der Waals surface area (Å²) in [5.41, 5.74) is 3.93. The molecule has 0 radical (unpaired) electrons. The van der Waals surface area contributed by atoms with E-state index in [1.54, 1.807) is 24.3 Å². The van der Waals surface area contributed by atoms with E-state index in [2.05, 4.69) is 5.32 Å². The molecule has 3 aromatic carbocycles. The minimum absolute atomic E-state index is 0.0593. The van der Waals surface area contributed by atoms with Gasteiger partial charge >= 0.3 is 5.97 Å². The number of methoxy groups -OCH3 is 1. The van der Waals surface area contributed by atoms with Gasteiger partial charge in [0.05, 0.1) is 7.11 Å². The van der Waals surface area contributed by atoms with Crippen LogP contribution in [0.3, 0.4) is 0 Å². The van der Waals surface area contributed by atoms with Crippen LogP contribution in [0.5, 0.6) is 0 Å². The number of amides is 1. The van der Waals surface area contributed by atoms with Crippen LogP contribution in [-0.2, 0) is 36.8 Å². The molecule has 34 heavy (non-hydrogen) atoms. The molecule has 0 aliphatic rings. The summed E-state index contributed by atoms with van der Waals surface area (Å²) in [6, 6.07) is 26.5. The summed E-state index contributed by atoms with van der Waals surface area (Å²) in [5, 5.41) is 2.85. The Balaban J connectivity index is 1.72. The highest BCUT2D eigenvalue weighted by Gasteiger charge is 2.22. The van der Waals surface area contributed by atoms with Crippen LogP contribution in [0.2, 0.25) is 0 Å². The van der Waals surface area contributed by atoms with Crippen LogP contribution < -0.4 is 5.32 Å². The Bertz CT molecular complexity index is 1110. The molecule has 6 nitrogen and oxygen atoms in total. The van der Waals surface area contributed by atoms with E-state index in [1.807, 2.05) is 67.6 Å². The zero-order chi connectivity index (χ0) is 24.2. The molecule has 0 aliphatic carbocycles. The molecule has 1 N–H and O–H groups in total. The number of benzene rings is 3. The number of esters is 1. The van der Waals surface area contributed by atoms with Gasteiger partial charge in [0.2, 0.25) is 0 Å². The minimum atomic E-state index is -0.616. The van der Waals surface area contributed by atoms with Crippen molar-refractivity contribution in [2.45, 2.75) is 20.0 Å². The highest BCUT2D eigenvalue weighted by molar-refractivity contribution is 6.16. The van der Waals surface area contributed by atoms with Crippen molar-refractivity contribution in [3.8, 4) is 0 Å². The zero-order valence-corrected chi connectivity index (χ0v) is 19.5. The number of carbonyl (C=O) groups is 2. The summed E-state index contributed by atoms with van der Waals surface area (Å²) in [4.78, 5) is 25.1. The predicted octanol–water partition coefficient (Wildman–Crippen LogP) is 4.43. The van der Waals surface area contributed by atoms with E-state index in [9.17, 15) is 9.59 Å². The van der Waals surface area contributed by atoms with Crippen LogP contribution in [0.1, 0.15) is 22.3 Å². The molecule has 176 valence electrons. The van der Waals surface area contributed by atoms with Gasteiger partial charge in [0.15, 0.2) is 6.61 Å². The van der Waals surface area contributed by atoms with Crippen molar-refractivity contribution in [1.82, 2.24) is 5.32 Å². The van der Waals surface area contributed by atoms with Crippen molar-refractivity contribution in [3.63, 3.8) is 0 Å². The largest absolute Gasteiger partial charge is 0.465 e. The maximum absolute atomic E-state index is 12.6. The van der Waals surface area contributed by atoms with Crippen LogP contribution in [-0.4, -0.2) is 32.1 Å². The number of nitrogens with one attached hydrogen (secondary N) is 1. The fourth-order valence-corrected chi connectivity index (χ4v) is 3.34. The first-order valence-electron chi connectivity index (χ1n) is 11.1. The van der Waals surface area contributed by atoms with E-state index in [1.165, 1.54) is 18.2 Å². The van der Waals surface area contributed by atoms with Crippen LogP contribution in [0.25, 0.3) is 5.57 Å². The smallest absolute Gasteiger partial charge is 0.345 e. The number of rotatable bonds is 11. The lowest BCUT2D eigenvalue weighted by molar-refractivity contribution is -0.135. The average Bonchev–Trinajstić information content (AvgIpc) is 2.87. The maximum Gasteiger partial charge on any atom is 0.345 e. The maximum atomic E-state index is 12.6. The fraction of sp³-hybridized carbons (Fsp3) is 0.214. The lowest BCUT2D eigenvalue weighted by atomic mass is 10.1. The van der Waals surface area contributed by atoms with E-state index in [0.717, 1.165) is 5.56 Å². The van der Waals surface area contributed by atoms with E-state index < -0.39 is 5.97 Å². The lowest BCUT2D eigenvalue weighted by Gasteiger charge is -2.16. The van der Waals surface area contributed by atoms with Gasteiger partial charge in [-0.25, -0.2) is 4.79 Å². The van der Waals surface area contributed by atoms with Crippen molar-refractivity contribution in [3.05, 3.63) is 113 Å². The van der Waals surface area contributed by atoms with Crippen molar-refractivity contribution in [1.29, 1.82) is 0 Å². The number of hydrogen-bond donors (Lipinski definition) is 1. The van der Waals surface area contributed by atoms with Crippen LogP contribution in [0.15, 0.2) is 90.9 Å². The topological polar surface area (TPSA) is 73.9 Å². The molecule has 0 spiro atoms. The number of carbonyl (C=O) groups excluding carboxylic acids is 2. The first-order chi connectivity index (χ1) is 16.6. The molecule has 0 bridgehead atoms. The third-order valence-electron chi connectivity index (χ3n) is 5.18. The summed E-state index contributed by atoms with van der Waals surface area (Å²) in [7, 11) is 1.29. The Kier molecular flexibility index (Phi) is 9.29. The quantitative estimate of drug-likeness (QED) is 0.261. The van der Waals surface area contributed by atoms with Crippen molar-refractivity contribution in [2.24, 2.45) is 0 Å². The monoisotopic (exact) mass is 459 g/mol. The third kappa shape index (κ3) is 7.24. The Hall–Kier alpha value is -4.06. The summed E-state index contributed by atoms with van der Waals surface area (Å²) >= 11 is 0. The first kappa shape index (κ1) is 24.6. The van der Waals surface area contributed by atoms with Gasteiger partial charge in [0, 0.05) is 6.54 Å². The molecule has 0 unspecified atom stereocenters. The summed E-state index contributed by atoms with van der Waals surface area (Å²) in [5.74, 6) is -0.989. The van der Waals surface area contributed by atoms with E-state index >= 15 is 0 Å². The number of ether oxygens (including phenoxy) is 3. The molecule has 0 aromatic heterocycles. The highest BCUT2D eigenvalue weighted by atomic mass is 16.7. The molecule has 0 saturated heterocycles. The third-order valence-corrected chi connectivity index (χ3v) is 5.18. The molecular weight excluding hydrogens is 430 g/mol. The van der Waals surface area contributed by atoms with E-state index in [-0.39, 0.29) is 30.6 Å². The fourth-order valence-electron chi connectivity index (χ4n) is 3.34. The molecule has 0 fully saturated rings. The summed E-state index contributed by atoms with van der Waals surface area (Å²) < 4.78 is 16.6. The molecule has 0 saturated carbocycles. The van der Waals surface area contributed by atoms with Gasteiger partial charge in [-0.15, -0.1) is 0 Å². The molecule has 0 heterocycles. The highest BCUT2D eigenvalue weighted by Crippen LogP contribution is 2.23. The van der Waals surface area contributed by atoms with Gasteiger partial charge in [0.1, 0.15) is 12.2 Å². The van der Waals surface area contributed by atoms with Gasteiger partial charge in [-0.1, -0.05) is 84.9 Å². The summed E-state index contributed by atoms with van der Waals surface area (Å²) in [6.45, 7) is 2.38. The normalized spacial score (nSPS) is 11.2. The SMILES string of the molecule is COC(=O)/C(=C(/OCC(=O)NCCc1ccccc1C)OCc1ccccc1)c1ccccc1. The molecule has 3 aromatic rings. The van der Waals surface area contributed by atoms with E-state index in [4.69, 9.17) is 14.2 Å². The van der Waals surface area contributed by atoms with E-state index in [0.29, 0.717) is 18.5 Å². The number of aryl methyl sites for hydroxylation is 1. The van der Waals surface area contributed by atoms with Gasteiger partial charge < -0.3 is 19.5 Å². The second-order valence-corrected chi connectivity index (χ2v) is 7.61. The molecule has 1 amide bonds. The molecule has 6 heteroatoms. The van der Waals surface area contributed by atoms with Gasteiger partial charge in [-0.2, -0.15) is 0 Å². The Morgan fingerprint density at radius 2 is 1.47 bits per heavy atom. The molecule has 3 rings (SSSR count). The number of hydrogen-bond acceptors (Lipinski definition) is 5. The predicted molar refractivity (Wildman–Crippen MR) is 130 cm³/mol. The second-order valence-electron chi connectivity index (χ2n) is 7.61. The van der Waals surface area contributed by atoms with Crippen molar-refractivity contribution >= 4 is 17.4 Å². The standard InChI is InChI=1S/C28H29NO5/c1-21-11-9-10-14-23(21)17-18-29-25(30)20-34-28(33-19-22-12-5-3-6-13-22)26(27(31)32-2)24-15-7-4-8-16-24/h3-16H,17-20H2,1-2H3,(H,29,30)/b28-26+. The lowest BCUT2D eigenvalue weighted by Crippen LogP contribution is -2.30. The molecule has 0 atom stereocenters. The van der Waals surface area contributed by atoms with Crippen LogP contribution in [0.4, 0.5) is 0 Å². The summed E-state index contributed by atoms with van der Waals surface area (Å²) in [6.07, 6.45) is 0.711. The average molecular weight is 460 g/mol. The zero-order valence-electron chi connectivity index (χ0n) is 19.5. The Labute approximate surface area is 200 Å².